The Hall–Kier alpha value is -2.51. The minimum absolute atomic E-state index is 0.0487. The van der Waals surface area contributed by atoms with E-state index in [4.69, 9.17) is 20.8 Å². The summed E-state index contributed by atoms with van der Waals surface area (Å²) in [5.74, 6) is 0.589. The van der Waals surface area contributed by atoms with Crippen molar-refractivity contribution in [3.05, 3.63) is 63.9 Å². The number of halogens is 1. The number of aryl methyl sites for hydroxylation is 2. The number of benzene rings is 2. The number of carbonyl (C=O) groups excluding carboxylic acids is 1. The molecule has 31 heavy (non-hydrogen) atoms. The van der Waals surface area contributed by atoms with E-state index in [0.717, 1.165) is 16.5 Å². The van der Waals surface area contributed by atoms with Crippen LogP contribution >= 0.6 is 11.6 Å². The van der Waals surface area contributed by atoms with Crippen molar-refractivity contribution in [1.29, 1.82) is 0 Å². The van der Waals surface area contributed by atoms with Gasteiger partial charge in [-0.2, -0.15) is 0 Å². The van der Waals surface area contributed by atoms with Crippen molar-refractivity contribution in [2.45, 2.75) is 32.9 Å². The van der Waals surface area contributed by atoms with Gasteiger partial charge < -0.3 is 14.1 Å². The van der Waals surface area contributed by atoms with Crippen molar-refractivity contribution in [1.82, 2.24) is 4.90 Å². The van der Waals surface area contributed by atoms with Gasteiger partial charge in [0.25, 0.3) is 5.91 Å². The second-order valence-corrected chi connectivity index (χ2v) is 10.6. The Labute approximate surface area is 186 Å². The van der Waals surface area contributed by atoms with Crippen molar-refractivity contribution in [3.8, 4) is 5.75 Å². The van der Waals surface area contributed by atoms with E-state index in [2.05, 4.69) is 0 Å². The molecule has 0 aliphatic carbocycles. The van der Waals surface area contributed by atoms with Crippen LogP contribution in [0.3, 0.4) is 0 Å². The van der Waals surface area contributed by atoms with E-state index in [0.29, 0.717) is 28.3 Å². The summed E-state index contributed by atoms with van der Waals surface area (Å²) in [5.41, 5.74) is 2.99. The highest BCUT2D eigenvalue weighted by atomic mass is 35.5. The number of carbonyl (C=O) groups is 1. The number of sulfone groups is 1. The molecule has 1 saturated heterocycles. The average Bonchev–Trinajstić information content (AvgIpc) is 3.25. The molecule has 0 bridgehead atoms. The number of rotatable bonds is 5. The number of furan rings is 1. The summed E-state index contributed by atoms with van der Waals surface area (Å²) >= 11 is 6.27. The quantitative estimate of drug-likeness (QED) is 0.557. The smallest absolute Gasteiger partial charge is 0.290 e. The summed E-state index contributed by atoms with van der Waals surface area (Å²) in [6, 6.07) is 10.6. The summed E-state index contributed by atoms with van der Waals surface area (Å²) in [6.45, 7) is 3.95. The lowest BCUT2D eigenvalue weighted by molar-refractivity contribution is 0.0649. The van der Waals surface area contributed by atoms with Gasteiger partial charge in [-0.1, -0.05) is 23.7 Å². The zero-order valence-corrected chi connectivity index (χ0v) is 19.2. The van der Waals surface area contributed by atoms with Gasteiger partial charge in [-0.3, -0.25) is 4.79 Å². The Bertz CT molecular complexity index is 1260. The number of ether oxygens (including phenoxy) is 1. The fraction of sp³-hybridized carbons (Fsp3) is 0.348. The predicted molar refractivity (Wildman–Crippen MR) is 121 cm³/mol. The van der Waals surface area contributed by atoms with Gasteiger partial charge in [0.2, 0.25) is 0 Å². The molecule has 1 aromatic heterocycles. The standard InChI is InChI=1S/C23H24ClNO5S/c1-14-9-21-19(11-20(14)24)15(2)22(30-21)23(26)25(17-7-8-31(27,28)13-17)12-16-5-4-6-18(10-16)29-3/h4-6,9-11,17H,7-8,12-13H2,1-3H3/t17-/m0/s1. The van der Waals surface area contributed by atoms with Crippen LogP contribution in [0.4, 0.5) is 0 Å². The van der Waals surface area contributed by atoms with Crippen LogP contribution in [0.25, 0.3) is 11.0 Å². The molecule has 8 heteroatoms. The normalized spacial score (nSPS) is 17.7. The molecule has 1 fully saturated rings. The van der Waals surface area contributed by atoms with Crippen LogP contribution in [0.5, 0.6) is 5.75 Å². The number of methoxy groups -OCH3 is 1. The average molecular weight is 462 g/mol. The highest BCUT2D eigenvalue weighted by Crippen LogP contribution is 2.32. The van der Waals surface area contributed by atoms with Gasteiger partial charge in [-0.15, -0.1) is 0 Å². The maximum absolute atomic E-state index is 13.6. The van der Waals surface area contributed by atoms with Crippen LogP contribution in [0, 0.1) is 13.8 Å². The third-order valence-corrected chi connectivity index (χ3v) is 7.97. The van der Waals surface area contributed by atoms with Crippen molar-refractivity contribution in [3.63, 3.8) is 0 Å². The number of nitrogens with zero attached hydrogens (tertiary/aromatic N) is 1. The zero-order chi connectivity index (χ0) is 22.3. The summed E-state index contributed by atoms with van der Waals surface area (Å²) in [7, 11) is -1.59. The third kappa shape index (κ3) is 4.29. The third-order valence-electron chi connectivity index (χ3n) is 5.81. The molecular formula is C23H24ClNO5S. The van der Waals surface area contributed by atoms with Gasteiger partial charge in [0.05, 0.1) is 18.6 Å². The Balaban J connectivity index is 1.75. The molecule has 2 aromatic carbocycles. The van der Waals surface area contributed by atoms with Gasteiger partial charge in [-0.25, -0.2) is 8.42 Å². The van der Waals surface area contributed by atoms with E-state index in [1.54, 1.807) is 18.1 Å². The minimum Gasteiger partial charge on any atom is -0.497 e. The molecule has 0 radical (unpaired) electrons. The molecule has 0 unspecified atom stereocenters. The van der Waals surface area contributed by atoms with E-state index < -0.39 is 15.9 Å². The molecule has 0 spiro atoms. The van der Waals surface area contributed by atoms with Crippen LogP contribution in [0.1, 0.15) is 33.7 Å². The van der Waals surface area contributed by atoms with E-state index in [1.165, 1.54) is 0 Å². The first kappa shape index (κ1) is 21.7. The molecular weight excluding hydrogens is 438 g/mol. The Morgan fingerprint density at radius 3 is 2.71 bits per heavy atom. The zero-order valence-electron chi connectivity index (χ0n) is 17.6. The molecule has 1 aliphatic heterocycles. The molecule has 2 heterocycles. The topological polar surface area (TPSA) is 76.8 Å². The van der Waals surface area contributed by atoms with E-state index in [-0.39, 0.29) is 29.7 Å². The monoisotopic (exact) mass is 461 g/mol. The Kier molecular flexibility index (Phi) is 5.75. The predicted octanol–water partition coefficient (Wildman–Crippen LogP) is 4.54. The van der Waals surface area contributed by atoms with Crippen LogP contribution in [0.2, 0.25) is 5.02 Å². The second kappa shape index (κ2) is 8.20. The molecule has 0 saturated carbocycles. The molecule has 1 amide bonds. The first-order valence-electron chi connectivity index (χ1n) is 10.0. The first-order chi connectivity index (χ1) is 14.7. The van der Waals surface area contributed by atoms with Gasteiger partial charge >= 0.3 is 0 Å². The van der Waals surface area contributed by atoms with Crippen molar-refractivity contribution in [2.24, 2.45) is 0 Å². The molecule has 4 rings (SSSR count). The van der Waals surface area contributed by atoms with Crippen molar-refractivity contribution in [2.75, 3.05) is 18.6 Å². The largest absolute Gasteiger partial charge is 0.497 e. The van der Waals surface area contributed by atoms with Crippen LogP contribution in [-0.2, 0) is 16.4 Å². The first-order valence-corrected chi connectivity index (χ1v) is 12.2. The van der Waals surface area contributed by atoms with Gasteiger partial charge in [-0.05, 0) is 55.7 Å². The number of hydrogen-bond acceptors (Lipinski definition) is 5. The van der Waals surface area contributed by atoms with Gasteiger partial charge in [0, 0.05) is 28.6 Å². The lowest BCUT2D eigenvalue weighted by Crippen LogP contribution is -2.40. The molecule has 164 valence electrons. The van der Waals surface area contributed by atoms with E-state index in [9.17, 15) is 13.2 Å². The second-order valence-electron chi connectivity index (χ2n) is 8.00. The van der Waals surface area contributed by atoms with Crippen LogP contribution in [-0.4, -0.2) is 43.9 Å². The van der Waals surface area contributed by atoms with Crippen LogP contribution in [0.15, 0.2) is 40.8 Å². The number of fused-ring (bicyclic) bond motifs is 1. The highest BCUT2D eigenvalue weighted by molar-refractivity contribution is 7.91. The molecule has 1 aliphatic rings. The van der Waals surface area contributed by atoms with E-state index >= 15 is 0 Å². The fourth-order valence-electron chi connectivity index (χ4n) is 4.03. The molecule has 1 atom stereocenters. The Morgan fingerprint density at radius 1 is 1.26 bits per heavy atom. The molecule has 6 nitrogen and oxygen atoms in total. The lowest BCUT2D eigenvalue weighted by atomic mass is 10.1. The van der Waals surface area contributed by atoms with Crippen molar-refractivity contribution >= 4 is 38.3 Å². The molecule has 3 aromatic rings. The minimum atomic E-state index is -3.17. The SMILES string of the molecule is COc1cccc(CN(C(=O)c2oc3cc(C)c(Cl)cc3c2C)[C@H]2CCS(=O)(=O)C2)c1. The van der Waals surface area contributed by atoms with Crippen molar-refractivity contribution < 1.29 is 22.4 Å². The van der Waals surface area contributed by atoms with E-state index in [1.807, 2.05) is 44.2 Å². The Morgan fingerprint density at radius 2 is 2.03 bits per heavy atom. The number of amides is 1. The van der Waals surface area contributed by atoms with Crippen LogP contribution < -0.4 is 4.74 Å². The lowest BCUT2D eigenvalue weighted by Gasteiger charge is -2.28. The summed E-state index contributed by atoms with van der Waals surface area (Å²) in [6.07, 6.45) is 0.405. The fourth-order valence-corrected chi connectivity index (χ4v) is 5.93. The summed E-state index contributed by atoms with van der Waals surface area (Å²) in [4.78, 5) is 15.2. The summed E-state index contributed by atoms with van der Waals surface area (Å²) < 4.78 is 35.5. The summed E-state index contributed by atoms with van der Waals surface area (Å²) in [5, 5.41) is 1.38. The maximum Gasteiger partial charge on any atom is 0.290 e. The van der Waals surface area contributed by atoms with Gasteiger partial charge in [0.1, 0.15) is 11.3 Å². The molecule has 0 N–H and O–H groups in total. The van der Waals surface area contributed by atoms with Gasteiger partial charge in [0.15, 0.2) is 15.6 Å². The maximum atomic E-state index is 13.6. The highest BCUT2D eigenvalue weighted by Gasteiger charge is 2.36. The number of hydrogen-bond donors (Lipinski definition) is 0.